The lowest BCUT2D eigenvalue weighted by molar-refractivity contribution is -0.00211. The molecule has 0 unspecified atom stereocenters. The van der Waals surface area contributed by atoms with Gasteiger partial charge in [-0.15, -0.1) is 0 Å². The van der Waals surface area contributed by atoms with Gasteiger partial charge in [0.2, 0.25) is 0 Å². The van der Waals surface area contributed by atoms with Crippen LogP contribution in [0, 0.1) is 0 Å². The molecule has 0 radical (unpaired) electrons. The maximum Gasteiger partial charge on any atom is 0.154 e. The predicted octanol–water partition coefficient (Wildman–Crippen LogP) is 2.81. The summed E-state index contributed by atoms with van der Waals surface area (Å²) in [7, 11) is -3.03. The third-order valence-corrected chi connectivity index (χ3v) is 4.05. The molecule has 4 heteroatoms. The summed E-state index contributed by atoms with van der Waals surface area (Å²) in [5, 5.41) is 0. The van der Waals surface area contributed by atoms with Crippen molar-refractivity contribution >= 4 is 9.84 Å². The molecule has 0 aliphatic carbocycles. The van der Waals surface area contributed by atoms with Crippen LogP contribution in [0.1, 0.15) is 32.8 Å². The first kappa shape index (κ1) is 15.2. The summed E-state index contributed by atoms with van der Waals surface area (Å²) in [6.45, 7) is 6.37. The van der Waals surface area contributed by atoms with Gasteiger partial charge in [0, 0.05) is 6.61 Å². The number of benzene rings is 1. The molecule has 0 amide bonds. The van der Waals surface area contributed by atoms with Crippen LogP contribution in [0.4, 0.5) is 0 Å². The topological polar surface area (TPSA) is 43.4 Å². The van der Waals surface area contributed by atoms with Gasteiger partial charge >= 0.3 is 0 Å². The molecule has 0 atom stereocenters. The molecular formula is C14H22O3S. The lowest BCUT2D eigenvalue weighted by Crippen LogP contribution is -2.21. The summed E-state index contributed by atoms with van der Waals surface area (Å²) in [6, 6.07) is 9.26. The van der Waals surface area contributed by atoms with Gasteiger partial charge in [0.15, 0.2) is 9.84 Å². The van der Waals surface area contributed by atoms with Gasteiger partial charge in [-0.1, -0.05) is 30.3 Å². The van der Waals surface area contributed by atoms with Gasteiger partial charge in [0.1, 0.15) is 0 Å². The minimum atomic E-state index is -3.03. The smallest absolute Gasteiger partial charge is 0.154 e. The molecule has 0 N–H and O–H groups in total. The van der Waals surface area contributed by atoms with Crippen molar-refractivity contribution in [2.75, 3.05) is 12.4 Å². The quantitative estimate of drug-likeness (QED) is 0.747. The SMILES string of the molecule is CC(C)(C)OCCCS(=O)(=O)Cc1ccccc1. The Kier molecular flexibility index (Phi) is 5.35. The second-order valence-corrected chi connectivity index (χ2v) is 7.58. The first-order valence-corrected chi connectivity index (χ1v) is 7.99. The minimum absolute atomic E-state index is 0.114. The molecule has 18 heavy (non-hydrogen) atoms. The first-order valence-electron chi connectivity index (χ1n) is 6.17. The Morgan fingerprint density at radius 3 is 2.28 bits per heavy atom. The van der Waals surface area contributed by atoms with E-state index in [1.54, 1.807) is 0 Å². The van der Waals surface area contributed by atoms with E-state index in [0.717, 1.165) is 5.56 Å². The summed E-state index contributed by atoms with van der Waals surface area (Å²) in [5.74, 6) is 0.293. The molecule has 0 bridgehead atoms. The maximum atomic E-state index is 11.9. The predicted molar refractivity (Wildman–Crippen MR) is 74.3 cm³/mol. The Morgan fingerprint density at radius 2 is 1.72 bits per heavy atom. The van der Waals surface area contributed by atoms with E-state index >= 15 is 0 Å². The highest BCUT2D eigenvalue weighted by atomic mass is 32.2. The Labute approximate surface area is 110 Å². The van der Waals surface area contributed by atoms with Gasteiger partial charge in [-0.2, -0.15) is 0 Å². The van der Waals surface area contributed by atoms with E-state index < -0.39 is 9.84 Å². The highest BCUT2D eigenvalue weighted by Crippen LogP contribution is 2.10. The van der Waals surface area contributed by atoms with Gasteiger partial charge in [-0.3, -0.25) is 0 Å². The summed E-state index contributed by atoms with van der Waals surface area (Å²) in [4.78, 5) is 0. The summed E-state index contributed by atoms with van der Waals surface area (Å²) in [5.41, 5.74) is 0.637. The highest BCUT2D eigenvalue weighted by Gasteiger charge is 2.13. The molecule has 1 aromatic rings. The fourth-order valence-corrected chi connectivity index (χ4v) is 2.96. The van der Waals surface area contributed by atoms with Crippen LogP contribution in [0.15, 0.2) is 30.3 Å². The van der Waals surface area contributed by atoms with E-state index in [1.165, 1.54) is 0 Å². The van der Waals surface area contributed by atoms with E-state index in [-0.39, 0.29) is 17.1 Å². The van der Waals surface area contributed by atoms with Crippen molar-refractivity contribution in [3.8, 4) is 0 Å². The average molecular weight is 270 g/mol. The number of hydrogen-bond donors (Lipinski definition) is 0. The molecule has 0 heterocycles. The molecule has 1 aromatic carbocycles. The van der Waals surface area contributed by atoms with Crippen LogP contribution in [0.25, 0.3) is 0 Å². The molecule has 1 rings (SSSR count). The molecule has 0 spiro atoms. The van der Waals surface area contributed by atoms with Crippen molar-refractivity contribution in [3.63, 3.8) is 0 Å². The van der Waals surface area contributed by atoms with Crippen molar-refractivity contribution in [1.29, 1.82) is 0 Å². The second kappa shape index (κ2) is 6.34. The molecule has 0 aromatic heterocycles. The molecule has 102 valence electrons. The van der Waals surface area contributed by atoms with E-state index in [9.17, 15) is 8.42 Å². The van der Waals surface area contributed by atoms with Crippen LogP contribution in [0.3, 0.4) is 0 Å². The standard InChI is InChI=1S/C14H22O3S/c1-14(2,3)17-10-7-11-18(15,16)12-13-8-5-4-6-9-13/h4-6,8-9H,7,10-12H2,1-3H3. The van der Waals surface area contributed by atoms with Crippen LogP contribution in [0.5, 0.6) is 0 Å². The summed E-state index contributed by atoms with van der Waals surface area (Å²) >= 11 is 0. The maximum absolute atomic E-state index is 11.9. The van der Waals surface area contributed by atoms with Gasteiger partial charge in [0.05, 0.1) is 17.1 Å². The monoisotopic (exact) mass is 270 g/mol. The van der Waals surface area contributed by atoms with E-state index in [2.05, 4.69) is 0 Å². The van der Waals surface area contributed by atoms with Crippen molar-refractivity contribution in [1.82, 2.24) is 0 Å². The molecule has 3 nitrogen and oxygen atoms in total. The summed E-state index contributed by atoms with van der Waals surface area (Å²) < 4.78 is 29.2. The molecule has 0 aliphatic heterocycles. The van der Waals surface area contributed by atoms with Gasteiger partial charge < -0.3 is 4.74 Å². The van der Waals surface area contributed by atoms with Crippen LogP contribution in [0.2, 0.25) is 0 Å². The van der Waals surface area contributed by atoms with Crippen LogP contribution in [-0.4, -0.2) is 26.4 Å². The number of hydrogen-bond acceptors (Lipinski definition) is 3. The van der Waals surface area contributed by atoms with E-state index in [0.29, 0.717) is 13.0 Å². The van der Waals surface area contributed by atoms with Crippen LogP contribution >= 0.6 is 0 Å². The number of sulfone groups is 1. The molecule has 0 saturated heterocycles. The number of ether oxygens (including phenoxy) is 1. The van der Waals surface area contributed by atoms with Crippen molar-refractivity contribution in [2.45, 2.75) is 38.5 Å². The van der Waals surface area contributed by atoms with E-state index in [4.69, 9.17) is 4.74 Å². The third kappa shape index (κ3) is 6.77. The zero-order valence-corrected chi connectivity index (χ0v) is 12.2. The first-order chi connectivity index (χ1) is 8.29. The minimum Gasteiger partial charge on any atom is -0.376 e. The van der Waals surface area contributed by atoms with Gasteiger partial charge in [-0.25, -0.2) is 8.42 Å². The fourth-order valence-electron chi connectivity index (χ4n) is 1.56. The van der Waals surface area contributed by atoms with Crippen LogP contribution in [-0.2, 0) is 20.3 Å². The largest absolute Gasteiger partial charge is 0.376 e. The van der Waals surface area contributed by atoms with E-state index in [1.807, 2.05) is 51.1 Å². The molecular weight excluding hydrogens is 248 g/mol. The lowest BCUT2D eigenvalue weighted by atomic mass is 10.2. The van der Waals surface area contributed by atoms with Crippen LogP contribution < -0.4 is 0 Å². The summed E-state index contributed by atoms with van der Waals surface area (Å²) in [6.07, 6.45) is 0.548. The zero-order valence-electron chi connectivity index (χ0n) is 11.3. The van der Waals surface area contributed by atoms with Gasteiger partial charge in [0.25, 0.3) is 0 Å². The molecule has 0 saturated carbocycles. The van der Waals surface area contributed by atoms with Crippen molar-refractivity contribution in [2.24, 2.45) is 0 Å². The van der Waals surface area contributed by atoms with Gasteiger partial charge in [-0.05, 0) is 32.8 Å². The normalized spacial score (nSPS) is 12.6. The Hall–Kier alpha value is -0.870. The average Bonchev–Trinajstić information content (AvgIpc) is 2.24. The Morgan fingerprint density at radius 1 is 1.11 bits per heavy atom. The molecule has 0 fully saturated rings. The Bertz CT molecular complexity index is 444. The lowest BCUT2D eigenvalue weighted by Gasteiger charge is -2.19. The second-order valence-electron chi connectivity index (χ2n) is 5.39. The van der Waals surface area contributed by atoms with Crippen molar-refractivity contribution in [3.05, 3.63) is 35.9 Å². The Balaban J connectivity index is 2.37. The third-order valence-electron chi connectivity index (χ3n) is 2.36. The molecule has 0 aliphatic rings. The van der Waals surface area contributed by atoms with Crippen molar-refractivity contribution < 1.29 is 13.2 Å². The highest BCUT2D eigenvalue weighted by molar-refractivity contribution is 7.90. The fraction of sp³-hybridized carbons (Fsp3) is 0.571. The number of rotatable bonds is 6. The zero-order chi connectivity index (χ0) is 13.6.